The van der Waals surface area contributed by atoms with Gasteiger partial charge in [-0.1, -0.05) is 36.1 Å². The van der Waals surface area contributed by atoms with Crippen LogP contribution in [0, 0.1) is 11.8 Å². The number of alkyl halides is 3. The first kappa shape index (κ1) is 19.4. The first-order chi connectivity index (χ1) is 12.4. The minimum atomic E-state index is -4.46. The second-order valence-electron chi connectivity index (χ2n) is 5.38. The zero-order valence-electron chi connectivity index (χ0n) is 14.2. The lowest BCUT2D eigenvalue weighted by Gasteiger charge is -2.08. The molecule has 0 atom stereocenters. The number of hydrogen-bond donors (Lipinski definition) is 1. The molecule has 0 unspecified atom stereocenters. The van der Waals surface area contributed by atoms with Crippen LogP contribution in [0.1, 0.15) is 23.6 Å². The summed E-state index contributed by atoms with van der Waals surface area (Å²) >= 11 is 0. The standard InChI is InChI=1S/C20H18F3NO2/c1-2-26-17-11-9-15(10-12-17)14-19(25)24-13-5-7-16-6-3-4-8-18(16)20(21,22)23/h3-4,6,8-12H,2,13-14H2,1H3,(H,24,25). The molecule has 3 nitrogen and oxygen atoms in total. The summed E-state index contributed by atoms with van der Waals surface area (Å²) in [5.74, 6) is 5.48. The number of halogens is 3. The highest BCUT2D eigenvalue weighted by molar-refractivity contribution is 5.78. The Labute approximate surface area is 150 Å². The van der Waals surface area contributed by atoms with E-state index in [9.17, 15) is 18.0 Å². The van der Waals surface area contributed by atoms with Crippen LogP contribution in [0.2, 0.25) is 0 Å². The fourth-order valence-electron chi connectivity index (χ4n) is 2.24. The van der Waals surface area contributed by atoms with E-state index in [0.717, 1.165) is 17.4 Å². The zero-order chi connectivity index (χ0) is 19.0. The van der Waals surface area contributed by atoms with Gasteiger partial charge in [0.15, 0.2) is 0 Å². The average Bonchev–Trinajstić information content (AvgIpc) is 2.60. The lowest BCUT2D eigenvalue weighted by molar-refractivity contribution is -0.137. The van der Waals surface area contributed by atoms with Crippen molar-refractivity contribution in [1.82, 2.24) is 5.32 Å². The van der Waals surface area contributed by atoms with Gasteiger partial charge in [-0.15, -0.1) is 0 Å². The van der Waals surface area contributed by atoms with Crippen molar-refractivity contribution in [1.29, 1.82) is 0 Å². The van der Waals surface area contributed by atoms with Gasteiger partial charge in [-0.3, -0.25) is 4.79 Å². The highest BCUT2D eigenvalue weighted by atomic mass is 19.4. The molecule has 0 aliphatic rings. The van der Waals surface area contributed by atoms with Gasteiger partial charge in [-0.25, -0.2) is 0 Å². The van der Waals surface area contributed by atoms with E-state index in [-0.39, 0.29) is 24.4 Å². The third-order valence-electron chi connectivity index (χ3n) is 3.43. The monoisotopic (exact) mass is 361 g/mol. The van der Waals surface area contributed by atoms with Crippen molar-refractivity contribution >= 4 is 5.91 Å². The van der Waals surface area contributed by atoms with Gasteiger partial charge in [0.25, 0.3) is 0 Å². The Balaban J connectivity index is 1.89. The predicted octanol–water partition coefficient (Wildman–Crippen LogP) is 3.81. The number of carbonyl (C=O) groups excluding carboxylic acids is 1. The minimum absolute atomic E-state index is 0.0257. The molecular weight excluding hydrogens is 343 g/mol. The molecule has 0 fully saturated rings. The fourth-order valence-corrected chi connectivity index (χ4v) is 2.24. The van der Waals surface area contributed by atoms with Crippen LogP contribution < -0.4 is 10.1 Å². The van der Waals surface area contributed by atoms with E-state index in [2.05, 4.69) is 17.2 Å². The molecule has 1 amide bonds. The van der Waals surface area contributed by atoms with Crippen LogP contribution in [0.3, 0.4) is 0 Å². The van der Waals surface area contributed by atoms with Gasteiger partial charge in [0, 0.05) is 5.56 Å². The second-order valence-corrected chi connectivity index (χ2v) is 5.38. The number of rotatable bonds is 5. The predicted molar refractivity (Wildman–Crippen MR) is 92.6 cm³/mol. The van der Waals surface area contributed by atoms with E-state index >= 15 is 0 Å². The third-order valence-corrected chi connectivity index (χ3v) is 3.43. The van der Waals surface area contributed by atoms with Crippen molar-refractivity contribution < 1.29 is 22.7 Å². The van der Waals surface area contributed by atoms with Crippen LogP contribution in [0.4, 0.5) is 13.2 Å². The molecule has 2 aromatic carbocycles. The molecule has 0 spiro atoms. The molecule has 2 rings (SSSR count). The SMILES string of the molecule is CCOc1ccc(CC(=O)NCC#Cc2ccccc2C(F)(F)F)cc1. The number of ether oxygens (including phenoxy) is 1. The normalized spacial score (nSPS) is 10.6. The number of amides is 1. The van der Waals surface area contributed by atoms with Gasteiger partial charge in [-0.05, 0) is 36.8 Å². The summed E-state index contributed by atoms with van der Waals surface area (Å²) < 4.78 is 43.9. The Bertz CT molecular complexity index is 802. The Kier molecular flexibility index (Phi) is 6.67. The molecule has 6 heteroatoms. The van der Waals surface area contributed by atoms with Crippen LogP contribution in [0.5, 0.6) is 5.75 Å². The molecule has 26 heavy (non-hydrogen) atoms. The molecule has 1 N–H and O–H groups in total. The molecule has 0 aromatic heterocycles. The van der Waals surface area contributed by atoms with E-state index in [1.165, 1.54) is 18.2 Å². The van der Waals surface area contributed by atoms with Crippen molar-refractivity contribution in [3.05, 3.63) is 65.2 Å². The Hall–Kier alpha value is -2.94. The van der Waals surface area contributed by atoms with Crippen LogP contribution in [-0.2, 0) is 17.4 Å². The lowest BCUT2D eigenvalue weighted by Crippen LogP contribution is -2.25. The van der Waals surface area contributed by atoms with E-state index in [0.29, 0.717) is 6.61 Å². The quantitative estimate of drug-likeness (QED) is 0.823. The number of carbonyl (C=O) groups is 1. The second kappa shape index (κ2) is 8.95. The molecule has 0 heterocycles. The van der Waals surface area contributed by atoms with Crippen LogP contribution in [0.15, 0.2) is 48.5 Å². The highest BCUT2D eigenvalue weighted by Crippen LogP contribution is 2.31. The van der Waals surface area contributed by atoms with Gasteiger partial charge in [0.05, 0.1) is 25.1 Å². The van der Waals surface area contributed by atoms with Crippen molar-refractivity contribution in [3.8, 4) is 17.6 Å². The maximum Gasteiger partial charge on any atom is 0.417 e. The maximum absolute atomic E-state index is 12.9. The van der Waals surface area contributed by atoms with E-state index < -0.39 is 11.7 Å². The highest BCUT2D eigenvalue weighted by Gasteiger charge is 2.32. The molecular formula is C20H18F3NO2. The summed E-state index contributed by atoms with van der Waals surface area (Å²) in [4.78, 5) is 11.9. The Morgan fingerprint density at radius 2 is 1.81 bits per heavy atom. The van der Waals surface area contributed by atoms with Crippen LogP contribution in [-0.4, -0.2) is 19.1 Å². The summed E-state index contributed by atoms with van der Waals surface area (Å²) in [5, 5.41) is 2.57. The topological polar surface area (TPSA) is 38.3 Å². The lowest BCUT2D eigenvalue weighted by atomic mass is 10.1. The van der Waals surface area contributed by atoms with E-state index in [1.54, 1.807) is 24.3 Å². The van der Waals surface area contributed by atoms with E-state index in [1.807, 2.05) is 6.92 Å². The van der Waals surface area contributed by atoms with Gasteiger partial charge < -0.3 is 10.1 Å². The first-order valence-corrected chi connectivity index (χ1v) is 8.03. The Morgan fingerprint density at radius 1 is 1.12 bits per heavy atom. The molecule has 0 saturated carbocycles. The molecule has 136 valence electrons. The molecule has 0 saturated heterocycles. The summed E-state index contributed by atoms with van der Waals surface area (Å²) in [6.07, 6.45) is -4.30. The zero-order valence-corrected chi connectivity index (χ0v) is 14.2. The van der Waals surface area contributed by atoms with Crippen molar-refractivity contribution in [3.63, 3.8) is 0 Å². The summed E-state index contributed by atoms with van der Waals surface area (Å²) in [5.41, 5.74) is -0.0877. The van der Waals surface area contributed by atoms with Gasteiger partial charge >= 0.3 is 6.18 Å². The maximum atomic E-state index is 12.9. The molecule has 0 radical (unpaired) electrons. The van der Waals surface area contributed by atoms with E-state index in [4.69, 9.17) is 4.74 Å². The average molecular weight is 361 g/mol. The molecule has 0 aliphatic heterocycles. The first-order valence-electron chi connectivity index (χ1n) is 8.03. The number of hydrogen-bond acceptors (Lipinski definition) is 2. The molecule has 0 aliphatic carbocycles. The molecule has 2 aromatic rings. The van der Waals surface area contributed by atoms with Crippen LogP contribution >= 0.6 is 0 Å². The number of benzene rings is 2. The summed E-state index contributed by atoms with van der Waals surface area (Å²) in [6, 6.07) is 12.2. The summed E-state index contributed by atoms with van der Waals surface area (Å²) in [7, 11) is 0. The Morgan fingerprint density at radius 3 is 2.46 bits per heavy atom. The van der Waals surface area contributed by atoms with Crippen molar-refractivity contribution in [2.75, 3.05) is 13.2 Å². The fraction of sp³-hybridized carbons (Fsp3) is 0.250. The van der Waals surface area contributed by atoms with Gasteiger partial charge in [-0.2, -0.15) is 13.2 Å². The minimum Gasteiger partial charge on any atom is -0.494 e. The largest absolute Gasteiger partial charge is 0.494 e. The smallest absolute Gasteiger partial charge is 0.417 e. The van der Waals surface area contributed by atoms with Crippen molar-refractivity contribution in [2.24, 2.45) is 0 Å². The third kappa shape index (κ3) is 5.85. The van der Waals surface area contributed by atoms with Crippen molar-refractivity contribution in [2.45, 2.75) is 19.5 Å². The van der Waals surface area contributed by atoms with Gasteiger partial charge in [0.1, 0.15) is 5.75 Å². The van der Waals surface area contributed by atoms with Gasteiger partial charge in [0.2, 0.25) is 5.91 Å². The number of nitrogens with one attached hydrogen (secondary N) is 1. The van der Waals surface area contributed by atoms with Crippen LogP contribution in [0.25, 0.3) is 0 Å². The summed E-state index contributed by atoms with van der Waals surface area (Å²) in [6.45, 7) is 2.42. The molecule has 0 bridgehead atoms.